The zero-order valence-corrected chi connectivity index (χ0v) is 78.1. The van der Waals surface area contributed by atoms with E-state index >= 15 is 24.0 Å². The number of fused-ring (bicyclic) bond motifs is 14. The van der Waals surface area contributed by atoms with E-state index < -0.39 is 374 Å². The van der Waals surface area contributed by atoms with Gasteiger partial charge in [-0.15, -0.1) is 0 Å². The Morgan fingerprint density at radius 1 is 0.429 bits per heavy atom. The zero-order valence-electron chi connectivity index (χ0n) is 78.1. The van der Waals surface area contributed by atoms with Crippen LogP contribution in [0, 0.1) is 6.92 Å². The molecule has 7 aromatic carbocycles. The second-order valence-electron chi connectivity index (χ2n) is 37.1. The first-order valence-electron chi connectivity index (χ1n) is 46.6. The first-order chi connectivity index (χ1) is 70.0. The number of benzene rings is 7. The van der Waals surface area contributed by atoms with E-state index in [-0.39, 0.29) is 51.7 Å². The average Bonchev–Trinajstić information content (AvgIpc) is 0.742. The van der Waals surface area contributed by atoms with Gasteiger partial charge in [0.15, 0.2) is 66.3 Å². The van der Waals surface area contributed by atoms with Gasteiger partial charge < -0.3 is 226 Å². The van der Waals surface area contributed by atoms with Gasteiger partial charge in [-0.25, -0.2) is 4.79 Å². The van der Waals surface area contributed by atoms with E-state index in [1.807, 2.05) is 0 Å². The molecule has 17 bridgehead atoms. The minimum Gasteiger partial charge on any atom is -0.508 e. The van der Waals surface area contributed by atoms with Gasteiger partial charge in [0.1, 0.15) is 199 Å². The van der Waals surface area contributed by atoms with Gasteiger partial charge >= 0.3 is 5.97 Å². The Balaban J connectivity index is 0.908. The number of aromatic hydroxyl groups is 4. The summed E-state index contributed by atoms with van der Waals surface area (Å²) in [5.41, 5.74) is 4.41. The van der Waals surface area contributed by atoms with E-state index in [0.29, 0.717) is 0 Å². The largest absolute Gasteiger partial charge is 0.508 e. The van der Waals surface area contributed by atoms with Crippen LogP contribution in [-0.4, -0.2) is 366 Å². The molecule has 52 heteroatoms. The molecule has 0 aromatic heterocycles. The van der Waals surface area contributed by atoms with Crippen molar-refractivity contribution in [3.8, 4) is 80.1 Å². The average molecular weight is 2070 g/mol. The normalized spacial score (nSPS) is 36.2. The number of hydrogen-bond donors (Lipinski definition) is 29. The Kier molecular flexibility index (Phi) is 31.5. The van der Waals surface area contributed by atoms with E-state index in [1.54, 1.807) is 0 Å². The van der Waals surface area contributed by atoms with Gasteiger partial charge in [0, 0.05) is 33.9 Å². The molecule has 12 aliphatic rings. The van der Waals surface area contributed by atoms with Crippen molar-refractivity contribution in [1.29, 1.82) is 0 Å². The van der Waals surface area contributed by atoms with Crippen LogP contribution in [-0.2, 0) is 85.7 Å². The van der Waals surface area contributed by atoms with E-state index in [4.69, 9.17) is 75.8 Å². The van der Waals surface area contributed by atoms with Crippen molar-refractivity contribution >= 4 is 41.4 Å². The number of ether oxygens (including phenoxy) is 16. The fourth-order valence-corrected chi connectivity index (χ4v) is 18.7. The molecule has 37 atom stereocenters. The number of rotatable bonds is 16. The van der Waals surface area contributed by atoms with Gasteiger partial charge in [0.25, 0.3) is 5.91 Å². The van der Waals surface area contributed by atoms with Gasteiger partial charge in [-0.3, -0.25) is 28.8 Å². The quantitative estimate of drug-likeness (QED) is 0.0400. The monoisotopic (exact) mass is 2070 g/mol. The predicted octanol–water partition coefficient (Wildman–Crippen LogP) is -7.93. The van der Waals surface area contributed by atoms with Crippen molar-refractivity contribution in [3.05, 3.63) is 166 Å². The minimum atomic E-state index is -2.59. The predicted molar refractivity (Wildman–Crippen MR) is 480 cm³/mol. The third-order valence-electron chi connectivity index (χ3n) is 27.3. The maximum Gasteiger partial charge on any atom is 0.333 e. The third kappa shape index (κ3) is 21.4. The fourth-order valence-electron chi connectivity index (χ4n) is 18.7. The molecule has 7 aromatic rings. The lowest BCUT2D eigenvalue weighted by Gasteiger charge is -2.48. The summed E-state index contributed by atoms with van der Waals surface area (Å²) in [5.74, 6) is -17.3. The molecule has 6 amide bonds. The number of quaternary nitrogens is 2. The number of methoxy groups -OCH3 is 1. The lowest BCUT2D eigenvalue weighted by molar-refractivity contribution is -0.466. The van der Waals surface area contributed by atoms with E-state index in [0.717, 1.165) is 67.8 Å². The van der Waals surface area contributed by atoms with Crippen molar-refractivity contribution < 1.29 is 228 Å². The summed E-state index contributed by atoms with van der Waals surface area (Å²) in [6.45, 7) is 0.220. The molecule has 33 N–H and O–H groups in total. The number of hydrogen-bond acceptors (Lipinski definition) is 44. The molecular formula is C95H112N8O44+2. The summed E-state index contributed by atoms with van der Waals surface area (Å²) in [6, 6.07) is 5.26. The number of nitrogens with one attached hydrogen (secondary N) is 6. The highest BCUT2D eigenvalue weighted by Crippen LogP contribution is 2.51. The summed E-state index contributed by atoms with van der Waals surface area (Å²) >= 11 is 0. The molecule has 147 heavy (non-hydrogen) atoms. The smallest absolute Gasteiger partial charge is 0.333 e. The Hall–Kier alpha value is -12.1. The first-order valence-corrected chi connectivity index (χ1v) is 46.6. The molecule has 6 saturated heterocycles. The number of esters is 1. The van der Waals surface area contributed by atoms with Crippen LogP contribution in [0.25, 0.3) is 11.1 Å². The second kappa shape index (κ2) is 43.6. The molecule has 1 unspecified atom stereocenters. The molecule has 12 heterocycles. The highest BCUT2D eigenvalue weighted by atomic mass is 16.8. The molecule has 52 nitrogen and oxygen atoms in total. The molecule has 794 valence electrons. The highest BCUT2D eigenvalue weighted by Gasteiger charge is 2.57. The topological polar surface area (TPSA) is 819 Å². The molecule has 0 spiro atoms. The molecule has 12 aliphatic heterocycles. The van der Waals surface area contributed by atoms with Crippen molar-refractivity contribution in [3.63, 3.8) is 0 Å². The van der Waals surface area contributed by atoms with E-state index in [2.05, 4.69) is 43.4 Å². The minimum absolute atomic E-state index is 0.0457. The van der Waals surface area contributed by atoms with E-state index in [1.165, 1.54) is 81.4 Å². The third-order valence-corrected chi connectivity index (χ3v) is 27.3. The van der Waals surface area contributed by atoms with E-state index in [9.17, 15) is 117 Å². The summed E-state index contributed by atoms with van der Waals surface area (Å²) in [5, 5.41) is 257. The van der Waals surface area contributed by atoms with Crippen LogP contribution in [0.4, 0.5) is 0 Å². The van der Waals surface area contributed by atoms with Crippen LogP contribution in [0.5, 0.6) is 69.0 Å². The van der Waals surface area contributed by atoms with Crippen molar-refractivity contribution in [2.24, 2.45) is 0 Å². The van der Waals surface area contributed by atoms with Gasteiger partial charge in [0.2, 0.25) is 47.9 Å². The molecule has 6 fully saturated rings. The summed E-state index contributed by atoms with van der Waals surface area (Å²) in [4.78, 5) is 113. The number of carbonyl (C=O) groups is 7. The van der Waals surface area contributed by atoms with Crippen LogP contribution >= 0.6 is 0 Å². The molecule has 0 aliphatic carbocycles. The number of phenolic OH excluding ortho intramolecular Hbond substituents is 4. The van der Waals surface area contributed by atoms with Gasteiger partial charge in [-0.05, 0) is 134 Å². The molecule has 19 rings (SSSR count). The lowest BCUT2D eigenvalue weighted by atomic mass is 9.89. The summed E-state index contributed by atoms with van der Waals surface area (Å²) < 4.78 is 100.0. The van der Waals surface area contributed by atoms with Gasteiger partial charge in [0.05, 0.1) is 52.2 Å². The van der Waals surface area contributed by atoms with Crippen LogP contribution in [0.1, 0.15) is 107 Å². The second-order valence-corrected chi connectivity index (χ2v) is 37.1. The Labute approximate surface area is 831 Å². The summed E-state index contributed by atoms with van der Waals surface area (Å²) in [6.07, 6.45) is -58.0. The molecule has 0 saturated carbocycles. The summed E-state index contributed by atoms with van der Waals surface area (Å²) in [7, 11) is 0.881. The first kappa shape index (κ1) is 106. The molecule has 0 radical (unpaired) electrons. The SMILES string of the molecule is COC(=O)[C@H]1NC(=O)[C@H]2NC(=O)[C@H](NC(=O)[C@@H]3NC(=O)[C@H]4NC(=O)[C@H](NC(=O)[C@H]([NH3+])c5ccc(O)c(c5)Oc5cc4cc(O)c5C)[C@H](O)c4ccc(cc4)Oc4cc3cc(c4O[C@@H]3O[C@H](COC4O[C@@H](C)[C@H](O)[C@@H](O)[C@H]4O)[C@@H](O)[C@H](O)[C@H]3O[C@@H]3O[C@@H](CO)[C@H](O)[C@@H](O)[C@H]3O[C@@H]3OC[C@@H](O)[C@@H](O)[C@@H]3O)Oc3ccc(cc3)[C@H]2O[C@@H]2C[C@@H]([NH3+])[C@@H](O)[C@H](C)O2)c2ccc(O)c(c2)-c2c(O[C@@H]3O[C@H](CO)[C@@H](O)[C@H](O)[C@@H]3O)cc(O)cc21. The molecular weight excluding hydrogens is 1960 g/mol. The maximum absolute atomic E-state index is 17.3. The maximum atomic E-state index is 17.3. The van der Waals surface area contributed by atoms with Gasteiger partial charge in [-0.2, -0.15) is 0 Å². The number of aliphatic hydroxyl groups is 17. The number of carbonyl (C=O) groups excluding carboxylic acids is 7. The van der Waals surface area contributed by atoms with Crippen molar-refractivity contribution in [2.45, 2.75) is 254 Å². The highest BCUT2D eigenvalue weighted by molar-refractivity contribution is 6.00. The van der Waals surface area contributed by atoms with Crippen LogP contribution in [0.3, 0.4) is 0 Å². The van der Waals surface area contributed by atoms with Gasteiger partial charge in [-0.1, -0.05) is 30.3 Å². The number of amides is 6. The Morgan fingerprint density at radius 2 is 0.946 bits per heavy atom. The zero-order chi connectivity index (χ0) is 105. The van der Waals surface area contributed by atoms with Crippen LogP contribution in [0.2, 0.25) is 0 Å². The van der Waals surface area contributed by atoms with Crippen molar-refractivity contribution in [1.82, 2.24) is 31.9 Å². The van der Waals surface area contributed by atoms with Crippen molar-refractivity contribution in [2.75, 3.05) is 33.5 Å². The van der Waals surface area contributed by atoms with Crippen LogP contribution in [0.15, 0.2) is 121 Å². The number of aliphatic hydroxyl groups excluding tert-OH is 17. The Morgan fingerprint density at radius 3 is 1.59 bits per heavy atom. The van der Waals surface area contributed by atoms with Crippen LogP contribution < -0.4 is 67.1 Å². The lowest BCUT2D eigenvalue weighted by Crippen LogP contribution is -2.71. The standard InChI is InChI=1S/C95H110N8O44/c1-30-47(109)18-37-20-49(30)139-50-19-35(9-16-46(50)108)59(97)84(125)102-64-68(113)33-5-11-40(12-6-33)137-52-21-38-22-53(81(52)145-95-83(76(121)72(117)56(143-95)29-134-91-78(123)73(118)67(112)32(3)136-91)147-94-82(75(120)71(116)55(27-105)142-94)146-92-77(122)69(114)48(110)28-133-92)138-41-13-7-34(8-14-41)80(144-57-25-44(96)66(111)31(2)135-57)65-89(130)101-63(90(131)132-4)43-23-39(106)24-51(140-93-79(124)74(119)70(115)54(26-104)141-93)58(43)42-17-36(10-15-45(42)107)60(85(126)103-65)98-87(128)62(38)99-86(127)61(37)100-88(64)129/h5-24,31-32,44,48,54-57,59-80,82-83,91-95,104-124H,25-29,96-97H2,1-4H3,(H,98,128)(H,99,127)(H,100,129)(H,101,130)(H,102,125)(H,103,126)/p+2/t31-,32-,44+,48+,54+,55-,56+,57+,59+,60+,61-,62+,63-,64+,65-,66-,67-,68+,69+,70+,71-,72+,73+,74-,75+,76-,77-,78+,79-,80+,82+,83+,91?,92-,93+,94-,95-/m0/s1. The Bertz CT molecular complexity index is 6010. The fraction of sp³-hybridized carbons (Fsp3) is 0.484. The number of phenols is 4.